The van der Waals surface area contributed by atoms with Crippen molar-refractivity contribution in [3.8, 4) is 0 Å². The lowest BCUT2D eigenvalue weighted by atomic mass is 9.99. The topological polar surface area (TPSA) is 68.6 Å². The summed E-state index contributed by atoms with van der Waals surface area (Å²) in [7, 11) is 3.04. The van der Waals surface area contributed by atoms with Crippen LogP contribution in [0.1, 0.15) is 51.9 Å². The minimum Gasteiger partial charge on any atom is -0.464 e. The number of hydrogen-bond donors (Lipinski definition) is 0. The third-order valence-corrected chi connectivity index (χ3v) is 4.94. The summed E-state index contributed by atoms with van der Waals surface area (Å²) in [4.78, 5) is 39.3. The fourth-order valence-corrected chi connectivity index (χ4v) is 3.22. The largest absolute Gasteiger partial charge is 0.464 e. The molecular formula is C19H26N2O4. The first kappa shape index (κ1) is 19.0. The van der Waals surface area contributed by atoms with E-state index in [0.29, 0.717) is 29.1 Å². The van der Waals surface area contributed by atoms with Gasteiger partial charge >= 0.3 is 5.97 Å². The minimum atomic E-state index is -0.614. The van der Waals surface area contributed by atoms with Crippen molar-refractivity contribution >= 4 is 17.7 Å². The van der Waals surface area contributed by atoms with Gasteiger partial charge in [-0.2, -0.15) is 0 Å². The maximum Gasteiger partial charge on any atom is 0.354 e. The summed E-state index contributed by atoms with van der Waals surface area (Å²) in [5.74, 6) is -0.623. The normalized spacial score (nSPS) is 14.8. The predicted molar refractivity (Wildman–Crippen MR) is 94.7 cm³/mol. The van der Waals surface area contributed by atoms with Crippen LogP contribution in [0.15, 0.2) is 12.7 Å². The maximum atomic E-state index is 13.1. The van der Waals surface area contributed by atoms with E-state index in [0.717, 1.165) is 12.8 Å². The van der Waals surface area contributed by atoms with Crippen LogP contribution in [0.2, 0.25) is 0 Å². The zero-order chi connectivity index (χ0) is 18.9. The highest BCUT2D eigenvalue weighted by Gasteiger charge is 2.38. The second-order valence-corrected chi connectivity index (χ2v) is 6.58. The maximum absolute atomic E-state index is 13.1. The van der Waals surface area contributed by atoms with E-state index in [1.54, 1.807) is 43.4 Å². The molecule has 0 aromatic carbocycles. The molecule has 6 heteroatoms. The van der Waals surface area contributed by atoms with E-state index in [4.69, 9.17) is 4.74 Å². The summed E-state index contributed by atoms with van der Waals surface area (Å²) >= 11 is 0. The Bertz CT molecular complexity index is 728. The fraction of sp³-hybridized carbons (Fsp3) is 0.526. The van der Waals surface area contributed by atoms with Gasteiger partial charge in [-0.25, -0.2) is 4.79 Å². The molecule has 136 valence electrons. The third-order valence-electron chi connectivity index (χ3n) is 4.94. The number of Topliss-reactive ketones (excluding diaryl/α,β-unsaturated/α-hetero) is 1. The molecule has 1 aromatic heterocycles. The molecule has 25 heavy (non-hydrogen) atoms. The number of amides is 1. The Morgan fingerprint density at radius 2 is 1.96 bits per heavy atom. The quantitative estimate of drug-likeness (QED) is 0.432. The third kappa shape index (κ3) is 3.38. The summed E-state index contributed by atoms with van der Waals surface area (Å²) < 4.78 is 6.49. The number of nitrogens with zero attached hydrogens (tertiary/aromatic N) is 2. The van der Waals surface area contributed by atoms with Crippen LogP contribution in [0, 0.1) is 19.8 Å². The first-order valence-corrected chi connectivity index (χ1v) is 8.45. The zero-order valence-corrected chi connectivity index (χ0v) is 15.6. The Morgan fingerprint density at radius 1 is 1.36 bits per heavy atom. The average Bonchev–Trinajstić information content (AvgIpc) is 3.40. The Balaban J connectivity index is 2.40. The second-order valence-electron chi connectivity index (χ2n) is 6.58. The fourth-order valence-electron chi connectivity index (χ4n) is 3.22. The molecule has 0 bridgehead atoms. The summed E-state index contributed by atoms with van der Waals surface area (Å²) in [6, 6.07) is -0.614. The molecular weight excluding hydrogens is 320 g/mol. The molecule has 1 aromatic rings. The van der Waals surface area contributed by atoms with Crippen LogP contribution < -0.4 is 0 Å². The van der Waals surface area contributed by atoms with Crippen molar-refractivity contribution in [2.75, 3.05) is 13.7 Å². The standard InChI is InChI=1S/C19H26N2O4/c1-7-10-21(18(23)14-8-9-14)13(4)17(22)15-11(2)16(19(24)25-6)20(5)12(15)3/h7,13-14H,1,8-10H2,2-6H3. The predicted octanol–water partition coefficient (Wildman–Crippen LogP) is 2.42. The van der Waals surface area contributed by atoms with E-state index in [-0.39, 0.29) is 17.6 Å². The smallest absolute Gasteiger partial charge is 0.354 e. The molecule has 1 heterocycles. The van der Waals surface area contributed by atoms with Crippen LogP contribution in [0.25, 0.3) is 0 Å². The number of ketones is 1. The Labute approximate surface area is 148 Å². The van der Waals surface area contributed by atoms with Crippen LogP contribution in [0.4, 0.5) is 0 Å². The van der Waals surface area contributed by atoms with Crippen molar-refractivity contribution in [1.29, 1.82) is 0 Å². The molecule has 2 rings (SSSR count). The summed E-state index contributed by atoms with van der Waals surface area (Å²) in [5.41, 5.74) is 2.11. The molecule has 1 fully saturated rings. The molecule has 1 aliphatic rings. The van der Waals surface area contributed by atoms with Crippen LogP contribution in [0.3, 0.4) is 0 Å². The molecule has 1 saturated carbocycles. The van der Waals surface area contributed by atoms with Gasteiger partial charge in [-0.1, -0.05) is 6.08 Å². The number of ether oxygens (including phenoxy) is 1. The highest BCUT2D eigenvalue weighted by molar-refractivity contribution is 6.06. The van der Waals surface area contributed by atoms with E-state index in [1.807, 2.05) is 0 Å². The lowest BCUT2D eigenvalue weighted by Crippen LogP contribution is -2.44. The van der Waals surface area contributed by atoms with Gasteiger partial charge in [-0.3, -0.25) is 9.59 Å². The monoisotopic (exact) mass is 346 g/mol. The first-order valence-electron chi connectivity index (χ1n) is 8.45. The highest BCUT2D eigenvalue weighted by Crippen LogP contribution is 2.32. The molecule has 1 aliphatic carbocycles. The SMILES string of the molecule is C=CCN(C(=O)C1CC1)C(C)C(=O)c1c(C)c(C(=O)OC)n(C)c1C. The highest BCUT2D eigenvalue weighted by atomic mass is 16.5. The molecule has 1 atom stereocenters. The number of aromatic nitrogens is 1. The van der Waals surface area contributed by atoms with E-state index in [2.05, 4.69) is 6.58 Å². The molecule has 0 saturated heterocycles. The summed E-state index contributed by atoms with van der Waals surface area (Å²) in [6.07, 6.45) is 3.39. The van der Waals surface area contributed by atoms with Gasteiger partial charge in [-0.05, 0) is 39.2 Å². The lowest BCUT2D eigenvalue weighted by Gasteiger charge is -2.27. The average molecular weight is 346 g/mol. The van der Waals surface area contributed by atoms with Crippen LogP contribution in [-0.4, -0.2) is 46.8 Å². The van der Waals surface area contributed by atoms with Crippen molar-refractivity contribution in [1.82, 2.24) is 9.47 Å². The Morgan fingerprint density at radius 3 is 2.44 bits per heavy atom. The van der Waals surface area contributed by atoms with Gasteiger partial charge in [0.05, 0.1) is 13.2 Å². The number of rotatable bonds is 7. The molecule has 0 radical (unpaired) electrons. The first-order chi connectivity index (χ1) is 11.8. The van der Waals surface area contributed by atoms with E-state index in [9.17, 15) is 14.4 Å². The van der Waals surface area contributed by atoms with Crippen molar-refractivity contribution in [2.24, 2.45) is 13.0 Å². The second kappa shape index (κ2) is 7.25. The van der Waals surface area contributed by atoms with Gasteiger partial charge in [0.15, 0.2) is 5.78 Å². The van der Waals surface area contributed by atoms with Gasteiger partial charge in [0.1, 0.15) is 5.69 Å². The minimum absolute atomic E-state index is 0.000165. The van der Waals surface area contributed by atoms with Gasteiger partial charge in [0.25, 0.3) is 0 Å². The van der Waals surface area contributed by atoms with Gasteiger partial charge in [0.2, 0.25) is 5.91 Å². The summed E-state index contributed by atoms with van der Waals surface area (Å²) in [6.45, 7) is 9.28. The molecule has 0 N–H and O–H groups in total. The number of esters is 1. The Kier molecular flexibility index (Phi) is 5.50. The number of carbonyl (C=O) groups excluding carboxylic acids is 3. The number of carbonyl (C=O) groups is 3. The number of hydrogen-bond acceptors (Lipinski definition) is 4. The van der Waals surface area contributed by atoms with Gasteiger partial charge < -0.3 is 14.2 Å². The number of methoxy groups -OCH3 is 1. The van der Waals surface area contributed by atoms with Crippen LogP contribution in [-0.2, 0) is 16.6 Å². The zero-order valence-electron chi connectivity index (χ0n) is 15.6. The molecule has 0 spiro atoms. The van der Waals surface area contributed by atoms with Crippen molar-refractivity contribution in [3.05, 3.63) is 35.2 Å². The lowest BCUT2D eigenvalue weighted by molar-refractivity contribution is -0.133. The van der Waals surface area contributed by atoms with Crippen LogP contribution in [0.5, 0.6) is 0 Å². The molecule has 6 nitrogen and oxygen atoms in total. The van der Waals surface area contributed by atoms with E-state index >= 15 is 0 Å². The molecule has 1 amide bonds. The van der Waals surface area contributed by atoms with Crippen molar-refractivity contribution in [3.63, 3.8) is 0 Å². The van der Waals surface area contributed by atoms with E-state index < -0.39 is 12.0 Å². The van der Waals surface area contributed by atoms with E-state index in [1.165, 1.54) is 7.11 Å². The van der Waals surface area contributed by atoms with Gasteiger partial charge in [0, 0.05) is 30.8 Å². The molecule has 0 aliphatic heterocycles. The van der Waals surface area contributed by atoms with Gasteiger partial charge in [-0.15, -0.1) is 6.58 Å². The van der Waals surface area contributed by atoms with Crippen molar-refractivity contribution in [2.45, 2.75) is 39.7 Å². The summed E-state index contributed by atoms with van der Waals surface area (Å²) in [5, 5.41) is 0. The van der Waals surface area contributed by atoms with Crippen molar-refractivity contribution < 1.29 is 19.1 Å². The Hall–Kier alpha value is -2.37. The molecule has 1 unspecified atom stereocenters. The van der Waals surface area contributed by atoms with Crippen LogP contribution >= 0.6 is 0 Å².